The molecule has 0 saturated heterocycles. The second kappa shape index (κ2) is 11.5. The highest BCUT2D eigenvalue weighted by Crippen LogP contribution is 2.15. The molecule has 0 aliphatic carbocycles. The fourth-order valence-corrected chi connectivity index (χ4v) is 4.27. The highest BCUT2D eigenvalue weighted by Gasteiger charge is 2.18. The normalized spacial score (nSPS) is 13.0. The van der Waals surface area contributed by atoms with Crippen LogP contribution in [0.5, 0.6) is 5.75 Å². The number of thiophene rings is 1. The molecule has 1 aromatic heterocycles. The average molecular weight is 438 g/mol. The van der Waals surface area contributed by atoms with Gasteiger partial charge in [-0.3, -0.25) is 4.90 Å². The monoisotopic (exact) mass is 437 g/mol. The van der Waals surface area contributed by atoms with Crippen molar-refractivity contribution >= 4 is 17.4 Å². The van der Waals surface area contributed by atoms with E-state index in [0.717, 1.165) is 24.9 Å². The summed E-state index contributed by atoms with van der Waals surface area (Å²) < 4.78 is 0. The summed E-state index contributed by atoms with van der Waals surface area (Å²) in [7, 11) is 2.08. The lowest BCUT2D eigenvalue weighted by atomic mass is 10.0. The molecular formula is C25H31N3O2S. The first-order valence-electron chi connectivity index (χ1n) is 10.6. The van der Waals surface area contributed by atoms with E-state index in [1.54, 1.807) is 23.5 Å². The number of amides is 2. The van der Waals surface area contributed by atoms with Gasteiger partial charge in [-0.2, -0.15) is 11.3 Å². The van der Waals surface area contributed by atoms with Gasteiger partial charge in [0.15, 0.2) is 0 Å². The molecule has 0 spiro atoms. The van der Waals surface area contributed by atoms with E-state index in [2.05, 4.69) is 51.5 Å². The zero-order valence-corrected chi connectivity index (χ0v) is 18.9. The summed E-state index contributed by atoms with van der Waals surface area (Å²) in [4.78, 5) is 14.8. The topological polar surface area (TPSA) is 64.6 Å². The molecule has 0 radical (unpaired) electrons. The van der Waals surface area contributed by atoms with Crippen LogP contribution in [0.15, 0.2) is 71.4 Å². The van der Waals surface area contributed by atoms with E-state index < -0.39 is 0 Å². The third-order valence-electron chi connectivity index (χ3n) is 5.30. The largest absolute Gasteiger partial charge is 0.508 e. The number of likely N-dealkylation sites (N-methyl/N-ethyl adjacent to an activating group) is 1. The Morgan fingerprint density at radius 3 is 2.42 bits per heavy atom. The number of hydrogen-bond acceptors (Lipinski definition) is 4. The Morgan fingerprint density at radius 1 is 1.00 bits per heavy atom. The zero-order chi connectivity index (χ0) is 22.1. The van der Waals surface area contributed by atoms with Gasteiger partial charge in [-0.05, 0) is 72.5 Å². The van der Waals surface area contributed by atoms with E-state index in [1.165, 1.54) is 11.1 Å². The summed E-state index contributed by atoms with van der Waals surface area (Å²) in [5.74, 6) is 0.259. The molecule has 2 amide bonds. The van der Waals surface area contributed by atoms with E-state index in [9.17, 15) is 9.90 Å². The minimum absolute atomic E-state index is 0.0622. The van der Waals surface area contributed by atoms with E-state index in [0.29, 0.717) is 6.54 Å². The molecule has 164 valence electrons. The lowest BCUT2D eigenvalue weighted by Crippen LogP contribution is -2.48. The third-order valence-corrected chi connectivity index (χ3v) is 6.04. The number of phenolic OH excluding ortho intramolecular Hbond substituents is 1. The number of aromatic hydroxyl groups is 1. The Balaban J connectivity index is 1.58. The van der Waals surface area contributed by atoms with Gasteiger partial charge >= 0.3 is 6.03 Å². The Labute approximate surface area is 188 Å². The first-order chi connectivity index (χ1) is 15.0. The zero-order valence-electron chi connectivity index (χ0n) is 18.1. The van der Waals surface area contributed by atoms with Crippen molar-refractivity contribution in [2.75, 3.05) is 13.6 Å². The van der Waals surface area contributed by atoms with Gasteiger partial charge in [0.25, 0.3) is 0 Å². The van der Waals surface area contributed by atoms with Crippen molar-refractivity contribution in [2.45, 2.75) is 38.4 Å². The van der Waals surface area contributed by atoms with Gasteiger partial charge in [0.1, 0.15) is 5.75 Å². The first-order valence-corrected chi connectivity index (χ1v) is 11.5. The highest BCUT2D eigenvalue weighted by molar-refractivity contribution is 7.07. The summed E-state index contributed by atoms with van der Waals surface area (Å²) in [5, 5.41) is 19.8. The fraction of sp³-hybridized carbons (Fsp3) is 0.320. The van der Waals surface area contributed by atoms with Crippen molar-refractivity contribution in [1.82, 2.24) is 15.5 Å². The molecule has 1 heterocycles. The maximum Gasteiger partial charge on any atom is 0.315 e. The number of rotatable bonds is 10. The molecule has 0 saturated carbocycles. The molecule has 3 N–H and O–H groups in total. The van der Waals surface area contributed by atoms with Crippen LogP contribution in [0.4, 0.5) is 4.79 Å². The Hall–Kier alpha value is -2.83. The average Bonchev–Trinajstić information content (AvgIpc) is 3.26. The molecule has 3 rings (SSSR count). The summed E-state index contributed by atoms with van der Waals surface area (Å²) in [6, 6.07) is 19.7. The van der Waals surface area contributed by atoms with E-state index in [-0.39, 0.29) is 23.9 Å². The van der Waals surface area contributed by atoms with Gasteiger partial charge in [-0.1, -0.05) is 42.5 Å². The number of phenols is 1. The maximum atomic E-state index is 12.5. The predicted molar refractivity (Wildman–Crippen MR) is 128 cm³/mol. The molecule has 0 bridgehead atoms. The van der Waals surface area contributed by atoms with Crippen molar-refractivity contribution < 1.29 is 9.90 Å². The fourth-order valence-electron chi connectivity index (χ4n) is 3.59. The van der Waals surface area contributed by atoms with Crippen LogP contribution in [-0.2, 0) is 19.4 Å². The molecule has 2 aromatic carbocycles. The van der Waals surface area contributed by atoms with Crippen LogP contribution >= 0.6 is 11.3 Å². The standard InChI is InChI=1S/C25H31N3O2S/c1-19(14-22-12-13-31-18-22)27-25(30)26-16-23(15-20-8-10-24(29)11-9-20)28(2)17-21-6-4-3-5-7-21/h3-13,18-19,23,29H,14-17H2,1-2H3,(H2,26,27,30). The quantitative estimate of drug-likeness (QED) is 0.440. The number of benzene rings is 2. The third kappa shape index (κ3) is 7.74. The molecule has 0 aliphatic rings. The molecule has 5 nitrogen and oxygen atoms in total. The summed E-state index contributed by atoms with van der Waals surface area (Å²) in [6.07, 6.45) is 1.59. The second-order valence-electron chi connectivity index (χ2n) is 8.02. The minimum atomic E-state index is -0.147. The minimum Gasteiger partial charge on any atom is -0.508 e. The smallest absolute Gasteiger partial charge is 0.315 e. The summed E-state index contributed by atoms with van der Waals surface area (Å²) in [6.45, 7) is 3.34. The molecule has 0 aliphatic heterocycles. The number of nitrogens with one attached hydrogen (secondary N) is 2. The molecule has 3 aromatic rings. The van der Waals surface area contributed by atoms with Gasteiger partial charge in [-0.15, -0.1) is 0 Å². The highest BCUT2D eigenvalue weighted by atomic mass is 32.1. The van der Waals surface area contributed by atoms with Crippen LogP contribution in [0.3, 0.4) is 0 Å². The van der Waals surface area contributed by atoms with E-state index in [4.69, 9.17) is 0 Å². The van der Waals surface area contributed by atoms with Gasteiger partial charge < -0.3 is 15.7 Å². The second-order valence-corrected chi connectivity index (χ2v) is 8.80. The van der Waals surface area contributed by atoms with Gasteiger partial charge in [-0.25, -0.2) is 4.79 Å². The summed E-state index contributed by atoms with van der Waals surface area (Å²) in [5.41, 5.74) is 3.59. The maximum absolute atomic E-state index is 12.5. The lowest BCUT2D eigenvalue weighted by Gasteiger charge is -2.29. The van der Waals surface area contributed by atoms with Crippen molar-refractivity contribution in [3.05, 3.63) is 88.1 Å². The lowest BCUT2D eigenvalue weighted by molar-refractivity contribution is 0.212. The van der Waals surface area contributed by atoms with Crippen LogP contribution in [0, 0.1) is 0 Å². The first kappa shape index (κ1) is 22.8. The number of nitrogens with zero attached hydrogens (tertiary/aromatic N) is 1. The Morgan fingerprint density at radius 2 is 1.74 bits per heavy atom. The van der Waals surface area contributed by atoms with Gasteiger partial charge in [0.2, 0.25) is 0 Å². The molecule has 2 unspecified atom stereocenters. The van der Waals surface area contributed by atoms with Gasteiger partial charge in [0.05, 0.1) is 0 Å². The number of carbonyl (C=O) groups is 1. The van der Waals surface area contributed by atoms with Crippen molar-refractivity contribution in [2.24, 2.45) is 0 Å². The molecule has 31 heavy (non-hydrogen) atoms. The van der Waals surface area contributed by atoms with E-state index in [1.807, 2.05) is 37.3 Å². The van der Waals surface area contributed by atoms with E-state index >= 15 is 0 Å². The van der Waals surface area contributed by atoms with Crippen molar-refractivity contribution in [3.63, 3.8) is 0 Å². The molecular weight excluding hydrogens is 406 g/mol. The molecule has 6 heteroatoms. The number of hydrogen-bond donors (Lipinski definition) is 3. The number of urea groups is 1. The molecule has 2 atom stereocenters. The Bertz CT molecular complexity index is 914. The number of carbonyl (C=O) groups excluding carboxylic acids is 1. The molecule has 0 fully saturated rings. The van der Waals surface area contributed by atoms with Crippen LogP contribution in [0.1, 0.15) is 23.6 Å². The van der Waals surface area contributed by atoms with Crippen LogP contribution in [-0.4, -0.2) is 41.7 Å². The van der Waals surface area contributed by atoms with Crippen LogP contribution in [0.25, 0.3) is 0 Å². The van der Waals surface area contributed by atoms with Crippen LogP contribution < -0.4 is 10.6 Å². The van der Waals surface area contributed by atoms with Crippen molar-refractivity contribution in [3.8, 4) is 5.75 Å². The Kier molecular flexibility index (Phi) is 8.50. The van der Waals surface area contributed by atoms with Gasteiger partial charge in [0, 0.05) is 25.2 Å². The predicted octanol–water partition coefficient (Wildman–Crippen LogP) is 4.43. The SMILES string of the molecule is CC(Cc1ccsc1)NC(=O)NCC(Cc1ccc(O)cc1)N(C)Cc1ccccc1. The van der Waals surface area contributed by atoms with Crippen molar-refractivity contribution in [1.29, 1.82) is 0 Å². The van der Waals surface area contributed by atoms with Crippen LogP contribution in [0.2, 0.25) is 0 Å². The summed E-state index contributed by atoms with van der Waals surface area (Å²) >= 11 is 1.67.